The predicted molar refractivity (Wildman–Crippen MR) is 101 cm³/mol. The number of nitrogens with one attached hydrogen (secondary N) is 1. The molecule has 3 aromatic rings. The fourth-order valence-electron chi connectivity index (χ4n) is 2.78. The van der Waals surface area contributed by atoms with Crippen LogP contribution < -0.4 is 5.32 Å². The number of hydrogen-bond donors (Lipinski definition) is 1. The minimum absolute atomic E-state index is 0.101. The van der Waals surface area contributed by atoms with Crippen LogP contribution in [0.4, 0.5) is 13.2 Å². The van der Waals surface area contributed by atoms with Gasteiger partial charge in [-0.3, -0.25) is 0 Å². The van der Waals surface area contributed by atoms with Gasteiger partial charge in [0.25, 0.3) is 10.0 Å². The Kier molecular flexibility index (Phi) is 5.62. The van der Waals surface area contributed by atoms with Crippen LogP contribution in [0.15, 0.2) is 71.8 Å². The maximum Gasteiger partial charge on any atom is 0.401 e. The summed E-state index contributed by atoms with van der Waals surface area (Å²) in [6, 6.07) is 16.9. The van der Waals surface area contributed by atoms with Crippen molar-refractivity contribution < 1.29 is 21.6 Å². The lowest BCUT2D eigenvalue weighted by Gasteiger charge is -2.11. The number of aromatic nitrogens is 1. The van der Waals surface area contributed by atoms with Gasteiger partial charge in [0.2, 0.25) is 0 Å². The van der Waals surface area contributed by atoms with Crippen molar-refractivity contribution in [3.05, 3.63) is 78.0 Å². The minimum Gasteiger partial charge on any atom is -0.305 e. The van der Waals surface area contributed by atoms with Gasteiger partial charge in [0, 0.05) is 12.7 Å². The first-order chi connectivity index (χ1) is 13.2. The summed E-state index contributed by atoms with van der Waals surface area (Å²) in [5, 5.41) is 2.30. The van der Waals surface area contributed by atoms with Crippen molar-refractivity contribution >= 4 is 10.0 Å². The lowest BCUT2D eigenvalue weighted by Crippen LogP contribution is -2.28. The summed E-state index contributed by atoms with van der Waals surface area (Å²) in [6.45, 7) is 0.602. The van der Waals surface area contributed by atoms with Crippen molar-refractivity contribution in [3.63, 3.8) is 0 Å². The summed E-state index contributed by atoms with van der Waals surface area (Å²) in [7, 11) is -3.90. The van der Waals surface area contributed by atoms with Crippen molar-refractivity contribution in [2.75, 3.05) is 6.54 Å². The molecule has 0 unspecified atom stereocenters. The molecule has 1 heterocycles. The van der Waals surface area contributed by atoms with E-state index in [4.69, 9.17) is 0 Å². The van der Waals surface area contributed by atoms with Crippen LogP contribution in [-0.2, 0) is 16.6 Å². The zero-order chi connectivity index (χ0) is 20.4. The lowest BCUT2D eigenvalue weighted by atomic mass is 10.1. The van der Waals surface area contributed by atoms with Gasteiger partial charge >= 0.3 is 6.18 Å². The summed E-state index contributed by atoms with van der Waals surface area (Å²) in [5.41, 5.74) is 2.41. The molecule has 4 nitrogen and oxygen atoms in total. The van der Waals surface area contributed by atoms with Crippen LogP contribution in [0.5, 0.6) is 0 Å². The van der Waals surface area contributed by atoms with E-state index in [0.717, 1.165) is 9.54 Å². The van der Waals surface area contributed by atoms with E-state index in [1.807, 2.05) is 6.92 Å². The van der Waals surface area contributed by atoms with Crippen LogP contribution in [0.1, 0.15) is 11.1 Å². The van der Waals surface area contributed by atoms with Gasteiger partial charge < -0.3 is 5.32 Å². The zero-order valence-corrected chi connectivity index (χ0v) is 15.9. The average Bonchev–Trinajstić information content (AvgIpc) is 3.07. The van der Waals surface area contributed by atoms with E-state index < -0.39 is 22.7 Å². The summed E-state index contributed by atoms with van der Waals surface area (Å²) in [4.78, 5) is 0.112. The molecule has 1 N–H and O–H groups in total. The number of aryl methyl sites for hydroxylation is 1. The average molecular weight is 408 g/mol. The highest BCUT2D eigenvalue weighted by molar-refractivity contribution is 7.90. The first kappa shape index (κ1) is 20.2. The Labute approximate surface area is 161 Å². The predicted octanol–water partition coefficient (Wildman–Crippen LogP) is 4.35. The molecule has 148 valence electrons. The van der Waals surface area contributed by atoms with Crippen LogP contribution >= 0.6 is 0 Å². The van der Waals surface area contributed by atoms with Crippen LogP contribution in [0.2, 0.25) is 0 Å². The van der Waals surface area contributed by atoms with Gasteiger partial charge in [-0.2, -0.15) is 13.2 Å². The smallest absolute Gasteiger partial charge is 0.305 e. The molecule has 0 saturated heterocycles. The molecule has 0 fully saturated rings. The Morgan fingerprint density at radius 1 is 1.00 bits per heavy atom. The Bertz CT molecular complexity index is 1040. The molecule has 0 aliphatic heterocycles. The van der Waals surface area contributed by atoms with E-state index in [1.54, 1.807) is 48.5 Å². The molecular weight excluding hydrogens is 389 g/mol. The number of halogens is 3. The van der Waals surface area contributed by atoms with Crippen molar-refractivity contribution in [3.8, 4) is 11.3 Å². The first-order valence-electron chi connectivity index (χ1n) is 8.53. The SMILES string of the molecule is Cc1ccc(S(=O)(=O)n2cc(CNCC(F)(F)F)cc2-c2ccccc2)cc1. The molecule has 28 heavy (non-hydrogen) atoms. The molecular formula is C20H19F3N2O2S. The second-order valence-electron chi connectivity index (χ2n) is 6.43. The van der Waals surface area contributed by atoms with E-state index in [1.165, 1.54) is 18.3 Å². The number of rotatable bonds is 6. The van der Waals surface area contributed by atoms with E-state index in [2.05, 4.69) is 5.32 Å². The fourth-order valence-corrected chi connectivity index (χ4v) is 4.18. The van der Waals surface area contributed by atoms with Gasteiger partial charge in [0.1, 0.15) is 0 Å². The highest BCUT2D eigenvalue weighted by atomic mass is 32.2. The Morgan fingerprint density at radius 3 is 2.25 bits per heavy atom. The van der Waals surface area contributed by atoms with Gasteiger partial charge in [-0.05, 0) is 36.2 Å². The van der Waals surface area contributed by atoms with Gasteiger partial charge in [-0.25, -0.2) is 12.4 Å². The van der Waals surface area contributed by atoms with E-state index in [9.17, 15) is 21.6 Å². The van der Waals surface area contributed by atoms with Crippen molar-refractivity contribution in [1.29, 1.82) is 0 Å². The largest absolute Gasteiger partial charge is 0.401 e. The van der Waals surface area contributed by atoms with Gasteiger partial charge in [-0.1, -0.05) is 48.0 Å². The van der Waals surface area contributed by atoms with Crippen LogP contribution in [0, 0.1) is 6.92 Å². The maximum absolute atomic E-state index is 13.1. The van der Waals surface area contributed by atoms with Crippen LogP contribution in [0.25, 0.3) is 11.3 Å². The van der Waals surface area contributed by atoms with Crippen LogP contribution in [0.3, 0.4) is 0 Å². The maximum atomic E-state index is 13.1. The second-order valence-corrected chi connectivity index (χ2v) is 8.25. The van der Waals surface area contributed by atoms with Crippen molar-refractivity contribution in [2.45, 2.75) is 24.5 Å². The molecule has 0 aliphatic carbocycles. The standard InChI is InChI=1S/C20H19F3N2O2S/c1-15-7-9-18(10-8-15)28(26,27)25-13-16(12-24-14-20(21,22)23)11-19(25)17-5-3-2-4-6-17/h2-11,13,24H,12,14H2,1H3. The lowest BCUT2D eigenvalue weighted by molar-refractivity contribution is -0.125. The topological polar surface area (TPSA) is 51.1 Å². The Morgan fingerprint density at radius 2 is 1.64 bits per heavy atom. The van der Waals surface area contributed by atoms with Gasteiger partial charge in [0.15, 0.2) is 0 Å². The number of benzene rings is 2. The molecule has 2 aromatic carbocycles. The molecule has 0 radical (unpaired) electrons. The highest BCUT2D eigenvalue weighted by Crippen LogP contribution is 2.27. The zero-order valence-electron chi connectivity index (χ0n) is 15.1. The third-order valence-electron chi connectivity index (χ3n) is 4.14. The molecule has 1 aromatic heterocycles. The summed E-state index contributed by atoms with van der Waals surface area (Å²) < 4.78 is 64.6. The molecule has 0 amide bonds. The first-order valence-corrected chi connectivity index (χ1v) is 9.97. The van der Waals surface area contributed by atoms with Crippen molar-refractivity contribution in [2.24, 2.45) is 0 Å². The molecule has 8 heteroatoms. The molecule has 3 rings (SSSR count). The van der Waals surface area contributed by atoms with E-state index in [0.29, 0.717) is 16.8 Å². The quantitative estimate of drug-likeness (QED) is 0.660. The molecule has 0 spiro atoms. The third kappa shape index (κ3) is 4.63. The fraction of sp³-hybridized carbons (Fsp3) is 0.200. The van der Waals surface area contributed by atoms with E-state index in [-0.39, 0.29) is 11.4 Å². The van der Waals surface area contributed by atoms with Gasteiger partial charge in [-0.15, -0.1) is 0 Å². The summed E-state index contributed by atoms with van der Waals surface area (Å²) in [6.07, 6.45) is -2.97. The summed E-state index contributed by atoms with van der Waals surface area (Å²) >= 11 is 0. The van der Waals surface area contributed by atoms with Gasteiger partial charge in [0.05, 0.1) is 17.1 Å². The van der Waals surface area contributed by atoms with Crippen molar-refractivity contribution in [1.82, 2.24) is 9.29 Å². The van der Waals surface area contributed by atoms with Crippen LogP contribution in [-0.4, -0.2) is 25.1 Å². The Balaban J connectivity index is 2.02. The van der Waals surface area contributed by atoms with E-state index >= 15 is 0 Å². The molecule has 0 bridgehead atoms. The third-order valence-corrected chi connectivity index (χ3v) is 5.83. The molecule has 0 atom stereocenters. The second kappa shape index (κ2) is 7.81. The normalized spacial score (nSPS) is 12.3. The number of alkyl halides is 3. The monoisotopic (exact) mass is 408 g/mol. The number of hydrogen-bond acceptors (Lipinski definition) is 3. The molecule has 0 aliphatic rings. The Hall–Kier alpha value is -2.58. The minimum atomic E-state index is -4.33. The summed E-state index contributed by atoms with van der Waals surface area (Å²) in [5.74, 6) is 0. The number of nitrogens with zero attached hydrogens (tertiary/aromatic N) is 1. The molecule has 0 saturated carbocycles. The highest BCUT2D eigenvalue weighted by Gasteiger charge is 2.27.